The Balaban J connectivity index is 1.57. The van der Waals surface area contributed by atoms with Gasteiger partial charge in [0.25, 0.3) is 5.91 Å². The van der Waals surface area contributed by atoms with Gasteiger partial charge in [-0.1, -0.05) is 6.92 Å². The van der Waals surface area contributed by atoms with Crippen LogP contribution in [0.2, 0.25) is 0 Å². The number of nitrogens with zero attached hydrogens (tertiary/aromatic N) is 1. The fourth-order valence-corrected chi connectivity index (χ4v) is 2.19. The number of nitrogens with one attached hydrogen (secondary N) is 1. The number of aromatic hydroxyl groups is 1. The standard InChI is InChI=1S/C16H16N2O3/c1-10-8-14(10)15-7-6-13(21-15)9-17-18-16(20)11-2-4-12(19)5-3-11/h2-7,9-10,14,19H,8H2,1H3,(H,18,20)/b17-9-/t10-,14-/m0/s1. The van der Waals surface area contributed by atoms with E-state index in [0.717, 1.165) is 5.76 Å². The maximum absolute atomic E-state index is 11.8. The molecule has 1 aliphatic rings. The zero-order chi connectivity index (χ0) is 14.8. The van der Waals surface area contributed by atoms with Crippen LogP contribution in [0.4, 0.5) is 0 Å². The molecule has 2 atom stereocenters. The third-order valence-electron chi connectivity index (χ3n) is 3.61. The molecule has 0 unspecified atom stereocenters. The van der Waals surface area contributed by atoms with Crippen molar-refractivity contribution >= 4 is 12.1 Å². The Labute approximate surface area is 122 Å². The van der Waals surface area contributed by atoms with Gasteiger partial charge in [-0.25, -0.2) is 5.43 Å². The lowest BCUT2D eigenvalue weighted by atomic mass is 10.2. The van der Waals surface area contributed by atoms with Gasteiger partial charge in [-0.05, 0) is 48.7 Å². The SMILES string of the molecule is C[C@H]1C[C@@H]1c1ccc(/C=N\NC(=O)c2ccc(O)cc2)o1. The van der Waals surface area contributed by atoms with E-state index in [-0.39, 0.29) is 11.7 Å². The van der Waals surface area contributed by atoms with Gasteiger partial charge in [-0.3, -0.25) is 4.79 Å². The van der Waals surface area contributed by atoms with E-state index in [1.165, 1.54) is 36.9 Å². The number of benzene rings is 1. The van der Waals surface area contributed by atoms with E-state index in [2.05, 4.69) is 17.5 Å². The lowest BCUT2D eigenvalue weighted by molar-refractivity contribution is 0.0955. The Morgan fingerprint density at radius 3 is 2.71 bits per heavy atom. The first-order chi connectivity index (χ1) is 10.1. The number of furan rings is 1. The van der Waals surface area contributed by atoms with Gasteiger partial charge in [-0.15, -0.1) is 0 Å². The van der Waals surface area contributed by atoms with Gasteiger partial charge in [0.15, 0.2) is 0 Å². The summed E-state index contributed by atoms with van der Waals surface area (Å²) in [6.07, 6.45) is 2.65. The highest BCUT2D eigenvalue weighted by Crippen LogP contribution is 2.47. The number of hydrogen-bond acceptors (Lipinski definition) is 4. The van der Waals surface area contributed by atoms with Crippen molar-refractivity contribution < 1.29 is 14.3 Å². The molecule has 1 saturated carbocycles. The Morgan fingerprint density at radius 1 is 1.33 bits per heavy atom. The first-order valence-electron chi connectivity index (χ1n) is 6.85. The maximum Gasteiger partial charge on any atom is 0.271 e. The molecular weight excluding hydrogens is 268 g/mol. The third-order valence-corrected chi connectivity index (χ3v) is 3.61. The van der Waals surface area contributed by atoms with E-state index >= 15 is 0 Å². The van der Waals surface area contributed by atoms with Gasteiger partial charge in [0, 0.05) is 11.5 Å². The second kappa shape index (κ2) is 5.44. The minimum absolute atomic E-state index is 0.118. The number of phenols is 1. The molecule has 3 rings (SSSR count). The van der Waals surface area contributed by atoms with Crippen molar-refractivity contribution in [3.63, 3.8) is 0 Å². The minimum atomic E-state index is -0.339. The Hall–Kier alpha value is -2.56. The first kappa shape index (κ1) is 13.4. The molecule has 0 saturated heterocycles. The lowest BCUT2D eigenvalue weighted by Gasteiger charge is -1.99. The zero-order valence-electron chi connectivity index (χ0n) is 11.6. The molecule has 0 radical (unpaired) electrons. The molecule has 1 fully saturated rings. The summed E-state index contributed by atoms with van der Waals surface area (Å²) >= 11 is 0. The number of rotatable bonds is 4. The van der Waals surface area contributed by atoms with Crippen LogP contribution in [0.1, 0.15) is 41.1 Å². The summed E-state index contributed by atoms with van der Waals surface area (Å²) in [5.74, 6) is 2.60. The monoisotopic (exact) mass is 284 g/mol. The molecule has 2 aromatic rings. The topological polar surface area (TPSA) is 74.8 Å². The van der Waals surface area contributed by atoms with E-state index in [1.54, 1.807) is 0 Å². The predicted molar refractivity (Wildman–Crippen MR) is 78.4 cm³/mol. The predicted octanol–water partition coefficient (Wildman–Crippen LogP) is 2.87. The van der Waals surface area contributed by atoms with E-state index in [1.807, 2.05) is 12.1 Å². The number of carbonyl (C=O) groups is 1. The van der Waals surface area contributed by atoms with E-state index in [9.17, 15) is 4.79 Å². The summed E-state index contributed by atoms with van der Waals surface area (Å²) in [7, 11) is 0. The largest absolute Gasteiger partial charge is 0.508 e. The molecule has 1 heterocycles. The minimum Gasteiger partial charge on any atom is -0.508 e. The highest BCUT2D eigenvalue weighted by molar-refractivity contribution is 5.94. The molecule has 21 heavy (non-hydrogen) atoms. The van der Waals surface area contributed by atoms with Crippen molar-refractivity contribution in [3.05, 3.63) is 53.5 Å². The van der Waals surface area contributed by atoms with E-state index < -0.39 is 0 Å². The number of hydrazone groups is 1. The molecule has 0 aliphatic heterocycles. The summed E-state index contributed by atoms with van der Waals surface area (Å²) in [4.78, 5) is 11.8. The summed E-state index contributed by atoms with van der Waals surface area (Å²) in [6.45, 7) is 2.19. The highest BCUT2D eigenvalue weighted by atomic mass is 16.3. The number of phenolic OH excluding ortho intramolecular Hbond substituents is 1. The molecule has 108 valence electrons. The van der Waals surface area contributed by atoms with E-state index in [0.29, 0.717) is 23.2 Å². The summed E-state index contributed by atoms with van der Waals surface area (Å²) in [6, 6.07) is 9.76. The average molecular weight is 284 g/mol. The lowest BCUT2D eigenvalue weighted by Crippen LogP contribution is -2.17. The molecule has 1 amide bonds. The maximum atomic E-state index is 11.8. The number of carbonyl (C=O) groups excluding carboxylic acids is 1. The Bertz CT molecular complexity index is 673. The van der Waals surface area contributed by atoms with Crippen molar-refractivity contribution in [1.29, 1.82) is 0 Å². The Kier molecular flexibility index (Phi) is 3.48. The summed E-state index contributed by atoms with van der Waals surface area (Å²) in [5, 5.41) is 13.0. The first-order valence-corrected chi connectivity index (χ1v) is 6.85. The Morgan fingerprint density at radius 2 is 2.05 bits per heavy atom. The highest BCUT2D eigenvalue weighted by Gasteiger charge is 2.36. The van der Waals surface area contributed by atoms with Crippen LogP contribution in [0, 0.1) is 5.92 Å². The van der Waals surface area contributed by atoms with Crippen LogP contribution in [-0.2, 0) is 0 Å². The molecule has 1 aromatic heterocycles. The van der Waals surface area contributed by atoms with Gasteiger partial charge >= 0.3 is 0 Å². The number of hydrogen-bond donors (Lipinski definition) is 2. The third kappa shape index (κ3) is 3.13. The summed E-state index contributed by atoms with van der Waals surface area (Å²) in [5.41, 5.74) is 2.85. The van der Waals surface area contributed by atoms with Crippen LogP contribution < -0.4 is 5.43 Å². The molecular formula is C16H16N2O3. The average Bonchev–Trinajstić information content (AvgIpc) is 3.01. The van der Waals surface area contributed by atoms with Crippen molar-refractivity contribution in [2.75, 3.05) is 0 Å². The van der Waals surface area contributed by atoms with Crippen LogP contribution >= 0.6 is 0 Å². The van der Waals surface area contributed by atoms with Crippen LogP contribution in [-0.4, -0.2) is 17.2 Å². The normalized spacial score (nSPS) is 20.6. The quantitative estimate of drug-likeness (QED) is 0.669. The molecule has 5 nitrogen and oxygen atoms in total. The fourth-order valence-electron chi connectivity index (χ4n) is 2.19. The molecule has 1 aromatic carbocycles. The smallest absolute Gasteiger partial charge is 0.271 e. The van der Waals surface area contributed by atoms with Gasteiger partial charge in [0.05, 0.1) is 6.21 Å². The van der Waals surface area contributed by atoms with Crippen LogP contribution in [0.5, 0.6) is 5.75 Å². The van der Waals surface area contributed by atoms with Crippen molar-refractivity contribution in [2.45, 2.75) is 19.3 Å². The number of amides is 1. The molecule has 0 bridgehead atoms. The van der Waals surface area contributed by atoms with Crippen LogP contribution in [0.3, 0.4) is 0 Å². The van der Waals surface area contributed by atoms with Crippen molar-refractivity contribution in [3.8, 4) is 5.75 Å². The fraction of sp³-hybridized carbons (Fsp3) is 0.250. The zero-order valence-corrected chi connectivity index (χ0v) is 11.6. The van der Waals surface area contributed by atoms with Crippen molar-refractivity contribution in [1.82, 2.24) is 5.43 Å². The van der Waals surface area contributed by atoms with Gasteiger partial charge in [-0.2, -0.15) is 5.10 Å². The second-order valence-corrected chi connectivity index (χ2v) is 5.31. The second-order valence-electron chi connectivity index (χ2n) is 5.31. The van der Waals surface area contributed by atoms with Crippen LogP contribution in [0.15, 0.2) is 45.9 Å². The molecule has 0 spiro atoms. The summed E-state index contributed by atoms with van der Waals surface area (Å²) < 4.78 is 5.65. The van der Waals surface area contributed by atoms with E-state index in [4.69, 9.17) is 9.52 Å². The molecule has 5 heteroatoms. The van der Waals surface area contributed by atoms with Crippen LogP contribution in [0.25, 0.3) is 0 Å². The van der Waals surface area contributed by atoms with Gasteiger partial charge in [0.1, 0.15) is 17.3 Å². The van der Waals surface area contributed by atoms with Gasteiger partial charge < -0.3 is 9.52 Å². The van der Waals surface area contributed by atoms with Crippen molar-refractivity contribution in [2.24, 2.45) is 11.0 Å². The van der Waals surface area contributed by atoms with Gasteiger partial charge in [0.2, 0.25) is 0 Å². The molecule has 2 N–H and O–H groups in total. The molecule has 1 aliphatic carbocycles.